The summed E-state index contributed by atoms with van der Waals surface area (Å²) in [6, 6.07) is 5.22. The number of methoxy groups -OCH3 is 1. The molecular weight excluding hydrogens is 208 g/mol. The lowest BCUT2D eigenvalue weighted by molar-refractivity contribution is 0.0696. The zero-order valence-corrected chi connectivity index (χ0v) is 10.5. The van der Waals surface area contributed by atoms with Crippen molar-refractivity contribution in [3.05, 3.63) is 23.8 Å². The Bertz CT molecular complexity index is 380. The van der Waals surface area contributed by atoms with Crippen molar-refractivity contribution in [2.45, 2.75) is 19.6 Å². The van der Waals surface area contributed by atoms with Gasteiger partial charge in [0.25, 0.3) is 0 Å². The van der Waals surface area contributed by atoms with Crippen LogP contribution in [0.2, 0.25) is 19.6 Å². The molecule has 15 heavy (non-hydrogen) atoms. The van der Waals surface area contributed by atoms with Crippen LogP contribution in [0.5, 0.6) is 5.75 Å². The van der Waals surface area contributed by atoms with E-state index < -0.39 is 14.0 Å². The highest BCUT2D eigenvalue weighted by atomic mass is 28.3. The molecule has 4 heteroatoms. The van der Waals surface area contributed by atoms with E-state index in [9.17, 15) is 4.79 Å². The number of ether oxygens (including phenoxy) is 1. The Balaban J connectivity index is 3.30. The fourth-order valence-electron chi connectivity index (χ4n) is 1.27. The van der Waals surface area contributed by atoms with Gasteiger partial charge in [-0.1, -0.05) is 24.8 Å². The number of aromatic carboxylic acids is 1. The van der Waals surface area contributed by atoms with E-state index in [-0.39, 0.29) is 0 Å². The predicted molar refractivity (Wildman–Crippen MR) is 62.9 cm³/mol. The van der Waals surface area contributed by atoms with Crippen LogP contribution < -0.4 is 9.92 Å². The van der Waals surface area contributed by atoms with Gasteiger partial charge in [-0.25, -0.2) is 4.79 Å². The Morgan fingerprint density at radius 1 is 1.27 bits per heavy atom. The Morgan fingerprint density at radius 2 is 1.87 bits per heavy atom. The molecule has 0 saturated heterocycles. The topological polar surface area (TPSA) is 46.5 Å². The second-order valence-corrected chi connectivity index (χ2v) is 9.58. The Labute approximate surface area is 90.7 Å². The normalized spacial score (nSPS) is 11.2. The van der Waals surface area contributed by atoms with Crippen molar-refractivity contribution in [1.82, 2.24) is 0 Å². The minimum Gasteiger partial charge on any atom is -0.497 e. The van der Waals surface area contributed by atoms with Crippen LogP contribution >= 0.6 is 0 Å². The van der Waals surface area contributed by atoms with Crippen molar-refractivity contribution in [2.24, 2.45) is 0 Å². The monoisotopic (exact) mass is 224 g/mol. The largest absolute Gasteiger partial charge is 0.497 e. The Morgan fingerprint density at radius 3 is 2.27 bits per heavy atom. The Kier molecular flexibility index (Phi) is 3.19. The van der Waals surface area contributed by atoms with E-state index in [1.165, 1.54) is 0 Å². The van der Waals surface area contributed by atoms with Crippen molar-refractivity contribution in [1.29, 1.82) is 0 Å². The molecule has 0 saturated carbocycles. The number of benzene rings is 1. The minimum atomic E-state index is -1.50. The maximum Gasteiger partial charge on any atom is 0.335 e. The molecule has 82 valence electrons. The molecule has 0 unspecified atom stereocenters. The van der Waals surface area contributed by atoms with Crippen LogP contribution in [0.15, 0.2) is 18.2 Å². The molecule has 1 aromatic rings. The SMILES string of the molecule is COc1cc(C(=O)O)cc([Si](C)(C)C)c1. The molecule has 0 heterocycles. The average Bonchev–Trinajstić information content (AvgIpc) is 2.15. The Hall–Kier alpha value is -1.29. The van der Waals surface area contributed by atoms with Gasteiger partial charge in [-0.05, 0) is 18.2 Å². The maximum absolute atomic E-state index is 10.9. The van der Waals surface area contributed by atoms with Gasteiger partial charge in [-0.15, -0.1) is 0 Å². The summed E-state index contributed by atoms with van der Waals surface area (Å²) in [4.78, 5) is 10.9. The van der Waals surface area contributed by atoms with Gasteiger partial charge in [-0.2, -0.15) is 0 Å². The number of carbonyl (C=O) groups is 1. The third-order valence-corrected chi connectivity index (χ3v) is 4.28. The van der Waals surface area contributed by atoms with Gasteiger partial charge in [0.1, 0.15) is 5.75 Å². The van der Waals surface area contributed by atoms with Crippen LogP contribution in [-0.4, -0.2) is 26.3 Å². The molecule has 3 nitrogen and oxygen atoms in total. The third kappa shape index (κ3) is 2.83. The lowest BCUT2D eigenvalue weighted by atomic mass is 10.2. The third-order valence-electron chi connectivity index (χ3n) is 2.26. The molecule has 0 amide bonds. The number of hydrogen-bond donors (Lipinski definition) is 1. The average molecular weight is 224 g/mol. The molecule has 1 rings (SSSR count). The van der Waals surface area contributed by atoms with E-state index in [2.05, 4.69) is 19.6 Å². The minimum absolute atomic E-state index is 0.298. The first-order valence-electron chi connectivity index (χ1n) is 4.77. The van der Waals surface area contributed by atoms with Gasteiger partial charge < -0.3 is 9.84 Å². The van der Waals surface area contributed by atoms with E-state index in [0.29, 0.717) is 11.3 Å². The molecule has 0 aliphatic rings. The molecule has 0 aliphatic carbocycles. The summed E-state index contributed by atoms with van der Waals surface area (Å²) < 4.78 is 5.10. The van der Waals surface area contributed by atoms with Crippen molar-refractivity contribution >= 4 is 19.2 Å². The summed E-state index contributed by atoms with van der Waals surface area (Å²) in [6.07, 6.45) is 0. The highest BCUT2D eigenvalue weighted by Crippen LogP contribution is 2.14. The first kappa shape index (κ1) is 11.8. The number of hydrogen-bond acceptors (Lipinski definition) is 2. The van der Waals surface area contributed by atoms with Crippen molar-refractivity contribution in [3.8, 4) is 5.75 Å². The smallest absolute Gasteiger partial charge is 0.335 e. The molecule has 0 aromatic heterocycles. The van der Waals surface area contributed by atoms with Crippen LogP contribution in [0.25, 0.3) is 0 Å². The highest BCUT2D eigenvalue weighted by Gasteiger charge is 2.19. The number of rotatable bonds is 3. The number of carboxylic acid groups (broad SMARTS) is 1. The fourth-order valence-corrected chi connectivity index (χ4v) is 2.44. The standard InChI is InChI=1S/C11H16O3Si/c1-14-9-5-8(11(12)13)6-10(7-9)15(2,3)4/h5-7H,1-4H3,(H,12,13). The van der Waals surface area contributed by atoms with Gasteiger partial charge in [0.05, 0.1) is 20.7 Å². The van der Waals surface area contributed by atoms with E-state index in [4.69, 9.17) is 9.84 Å². The summed E-state index contributed by atoms with van der Waals surface area (Å²) in [5.41, 5.74) is 0.298. The molecule has 0 radical (unpaired) electrons. The maximum atomic E-state index is 10.9. The first-order valence-corrected chi connectivity index (χ1v) is 8.27. The summed E-state index contributed by atoms with van der Waals surface area (Å²) in [6.45, 7) is 6.52. The molecule has 1 N–H and O–H groups in total. The molecule has 0 spiro atoms. The molecule has 0 bridgehead atoms. The second kappa shape index (κ2) is 4.06. The fraction of sp³-hybridized carbons (Fsp3) is 0.364. The summed E-state index contributed by atoms with van der Waals surface area (Å²) in [5.74, 6) is -0.291. The van der Waals surface area contributed by atoms with E-state index in [1.807, 2.05) is 6.07 Å². The van der Waals surface area contributed by atoms with Gasteiger partial charge >= 0.3 is 5.97 Å². The second-order valence-electron chi connectivity index (χ2n) is 4.51. The van der Waals surface area contributed by atoms with Crippen LogP contribution in [0.4, 0.5) is 0 Å². The zero-order chi connectivity index (χ0) is 11.6. The van der Waals surface area contributed by atoms with Crippen molar-refractivity contribution in [2.75, 3.05) is 7.11 Å². The van der Waals surface area contributed by atoms with Crippen molar-refractivity contribution in [3.63, 3.8) is 0 Å². The van der Waals surface area contributed by atoms with Crippen LogP contribution in [0.1, 0.15) is 10.4 Å². The van der Waals surface area contributed by atoms with E-state index >= 15 is 0 Å². The van der Waals surface area contributed by atoms with Gasteiger partial charge in [0, 0.05) is 0 Å². The number of carboxylic acids is 1. The lowest BCUT2D eigenvalue weighted by Gasteiger charge is -2.18. The van der Waals surface area contributed by atoms with Crippen LogP contribution in [0, 0.1) is 0 Å². The van der Waals surface area contributed by atoms with Crippen molar-refractivity contribution < 1.29 is 14.6 Å². The molecular formula is C11H16O3Si. The van der Waals surface area contributed by atoms with Gasteiger partial charge in [0.15, 0.2) is 0 Å². The van der Waals surface area contributed by atoms with E-state index in [0.717, 1.165) is 5.19 Å². The van der Waals surface area contributed by atoms with Crippen LogP contribution in [-0.2, 0) is 0 Å². The molecule has 0 aliphatic heterocycles. The molecule has 1 aromatic carbocycles. The summed E-state index contributed by atoms with van der Waals surface area (Å²) in [5, 5.41) is 10.1. The van der Waals surface area contributed by atoms with E-state index in [1.54, 1.807) is 19.2 Å². The quantitative estimate of drug-likeness (QED) is 0.798. The highest BCUT2D eigenvalue weighted by molar-refractivity contribution is 6.88. The molecule has 0 fully saturated rings. The van der Waals surface area contributed by atoms with Gasteiger partial charge in [-0.3, -0.25) is 0 Å². The zero-order valence-electron chi connectivity index (χ0n) is 9.50. The van der Waals surface area contributed by atoms with Crippen LogP contribution in [0.3, 0.4) is 0 Å². The summed E-state index contributed by atoms with van der Waals surface area (Å²) >= 11 is 0. The molecule has 0 atom stereocenters. The summed E-state index contributed by atoms with van der Waals surface area (Å²) in [7, 11) is 0.0490. The predicted octanol–water partition coefficient (Wildman–Crippen LogP) is 1.94. The lowest BCUT2D eigenvalue weighted by Crippen LogP contribution is -2.38. The first-order chi connectivity index (χ1) is 6.84. The van der Waals surface area contributed by atoms with Gasteiger partial charge in [0.2, 0.25) is 0 Å².